The van der Waals surface area contributed by atoms with Gasteiger partial charge in [-0.05, 0) is 38.5 Å². The van der Waals surface area contributed by atoms with Crippen LogP contribution in [0.2, 0.25) is 0 Å². The monoisotopic (exact) mass is 269 g/mol. The summed E-state index contributed by atoms with van der Waals surface area (Å²) in [5.74, 6) is 0.310. The third kappa shape index (κ3) is 4.31. The maximum absolute atomic E-state index is 12.3. The number of halogens is 1. The van der Waals surface area contributed by atoms with Crippen LogP contribution in [-0.4, -0.2) is 34.6 Å². The van der Waals surface area contributed by atoms with Gasteiger partial charge >= 0.3 is 0 Å². The molecule has 0 saturated carbocycles. The molecule has 0 aromatic heterocycles. The molecule has 1 amide bonds. The van der Waals surface area contributed by atoms with Crippen molar-refractivity contribution in [3.8, 4) is 0 Å². The first-order chi connectivity index (χ1) is 8.37. The summed E-state index contributed by atoms with van der Waals surface area (Å²) in [6.45, 7) is 6.16. The van der Waals surface area contributed by atoms with Crippen molar-refractivity contribution in [1.29, 1.82) is 0 Å². The quantitative estimate of drug-likeness (QED) is 0.835. The molecule has 0 heterocycles. The minimum absolute atomic E-state index is 0.0772. The molecule has 1 N–H and O–H groups in total. The van der Waals surface area contributed by atoms with Gasteiger partial charge < -0.3 is 10.0 Å². The van der Waals surface area contributed by atoms with Gasteiger partial charge in [-0.25, -0.2) is 0 Å². The maximum Gasteiger partial charge on any atom is 0.253 e. The van der Waals surface area contributed by atoms with E-state index in [0.29, 0.717) is 24.5 Å². The van der Waals surface area contributed by atoms with Crippen molar-refractivity contribution in [2.24, 2.45) is 0 Å². The maximum atomic E-state index is 12.3. The van der Waals surface area contributed by atoms with E-state index in [1.807, 2.05) is 19.1 Å². The summed E-state index contributed by atoms with van der Waals surface area (Å²) < 4.78 is 0. The number of benzene rings is 1. The fraction of sp³-hybridized carbons (Fsp3) is 0.500. The van der Waals surface area contributed by atoms with Crippen molar-refractivity contribution >= 4 is 17.5 Å². The minimum atomic E-state index is -0.893. The van der Waals surface area contributed by atoms with Gasteiger partial charge in [0.2, 0.25) is 0 Å². The average Bonchev–Trinajstić information content (AvgIpc) is 2.34. The lowest BCUT2D eigenvalue weighted by atomic mass is 10.1. The molecule has 0 aliphatic heterocycles. The van der Waals surface area contributed by atoms with Crippen molar-refractivity contribution < 1.29 is 9.90 Å². The zero-order valence-corrected chi connectivity index (χ0v) is 11.9. The van der Waals surface area contributed by atoms with E-state index >= 15 is 0 Å². The van der Waals surface area contributed by atoms with Gasteiger partial charge in [0.1, 0.15) is 0 Å². The third-order valence-electron chi connectivity index (χ3n) is 2.57. The molecule has 0 saturated heterocycles. The lowest BCUT2D eigenvalue weighted by molar-refractivity contribution is 0.0314. The summed E-state index contributed by atoms with van der Waals surface area (Å²) in [4.78, 5) is 13.9. The topological polar surface area (TPSA) is 40.5 Å². The van der Waals surface area contributed by atoms with Gasteiger partial charge in [0.15, 0.2) is 0 Å². The fourth-order valence-corrected chi connectivity index (χ4v) is 1.93. The second kappa shape index (κ2) is 6.21. The molecule has 0 atom stereocenters. The van der Waals surface area contributed by atoms with E-state index in [4.69, 9.17) is 11.6 Å². The molecule has 1 rings (SSSR count). The van der Waals surface area contributed by atoms with Gasteiger partial charge in [-0.1, -0.05) is 12.1 Å². The van der Waals surface area contributed by atoms with Crippen LogP contribution in [-0.2, 0) is 5.88 Å². The zero-order chi connectivity index (χ0) is 13.8. The van der Waals surface area contributed by atoms with E-state index in [1.165, 1.54) is 0 Å². The molecule has 100 valence electrons. The standard InChI is InChI=1S/C14H20ClNO2/c1-4-16(10-14(2,3)18)13(17)12-7-5-6-11(8-12)9-15/h5-8,18H,4,9-10H2,1-3H3. The number of hydrogen-bond acceptors (Lipinski definition) is 2. The second-order valence-electron chi connectivity index (χ2n) is 4.97. The van der Waals surface area contributed by atoms with E-state index in [0.717, 1.165) is 5.56 Å². The molecule has 4 heteroatoms. The first kappa shape index (κ1) is 15.0. The zero-order valence-electron chi connectivity index (χ0n) is 11.1. The van der Waals surface area contributed by atoms with E-state index in [9.17, 15) is 9.90 Å². The van der Waals surface area contributed by atoms with Crippen LogP contribution in [0, 0.1) is 0 Å². The SMILES string of the molecule is CCN(CC(C)(C)O)C(=O)c1cccc(CCl)c1. The number of rotatable bonds is 5. The third-order valence-corrected chi connectivity index (χ3v) is 2.88. The van der Waals surface area contributed by atoms with Gasteiger partial charge in [-0.3, -0.25) is 4.79 Å². The Morgan fingerprint density at radius 1 is 1.44 bits per heavy atom. The van der Waals surface area contributed by atoms with Crippen LogP contribution >= 0.6 is 11.6 Å². The average molecular weight is 270 g/mol. The first-order valence-corrected chi connectivity index (χ1v) is 6.57. The van der Waals surface area contributed by atoms with Crippen LogP contribution < -0.4 is 0 Å². The van der Waals surface area contributed by atoms with Gasteiger partial charge in [-0.2, -0.15) is 0 Å². The molecule has 18 heavy (non-hydrogen) atoms. The Kier molecular flexibility index (Phi) is 5.17. The predicted octanol–water partition coefficient (Wildman–Crippen LogP) is 2.66. The van der Waals surface area contributed by atoms with Crippen molar-refractivity contribution in [3.05, 3.63) is 35.4 Å². The van der Waals surface area contributed by atoms with Gasteiger partial charge in [0.05, 0.1) is 5.60 Å². The Balaban J connectivity index is 2.89. The molecule has 3 nitrogen and oxygen atoms in total. The number of carbonyl (C=O) groups excluding carboxylic acids is 1. The minimum Gasteiger partial charge on any atom is -0.389 e. The Bertz CT molecular complexity index is 413. The molecule has 0 aliphatic rings. The highest BCUT2D eigenvalue weighted by Gasteiger charge is 2.22. The molecule has 1 aromatic carbocycles. The highest BCUT2D eigenvalue weighted by Crippen LogP contribution is 2.13. The summed E-state index contributed by atoms with van der Waals surface area (Å²) in [5.41, 5.74) is 0.636. The summed E-state index contributed by atoms with van der Waals surface area (Å²) in [6.07, 6.45) is 0. The van der Waals surface area contributed by atoms with Crippen molar-refractivity contribution in [1.82, 2.24) is 4.90 Å². The Morgan fingerprint density at radius 3 is 2.61 bits per heavy atom. The highest BCUT2D eigenvalue weighted by atomic mass is 35.5. The Hall–Kier alpha value is -1.06. The van der Waals surface area contributed by atoms with Crippen molar-refractivity contribution in [2.75, 3.05) is 13.1 Å². The van der Waals surface area contributed by atoms with Crippen LogP contribution in [0.4, 0.5) is 0 Å². The molecule has 0 spiro atoms. The van der Waals surface area contributed by atoms with Crippen LogP contribution in [0.25, 0.3) is 0 Å². The number of hydrogen-bond donors (Lipinski definition) is 1. The van der Waals surface area contributed by atoms with Crippen LogP contribution in [0.15, 0.2) is 24.3 Å². The van der Waals surface area contributed by atoms with E-state index in [1.54, 1.807) is 30.9 Å². The van der Waals surface area contributed by atoms with Crippen molar-refractivity contribution in [2.45, 2.75) is 32.3 Å². The Morgan fingerprint density at radius 2 is 2.11 bits per heavy atom. The second-order valence-corrected chi connectivity index (χ2v) is 5.23. The highest BCUT2D eigenvalue weighted by molar-refractivity contribution is 6.17. The number of amides is 1. The molecule has 0 bridgehead atoms. The first-order valence-electron chi connectivity index (χ1n) is 6.04. The lowest BCUT2D eigenvalue weighted by Gasteiger charge is -2.28. The van der Waals surface area contributed by atoms with Gasteiger partial charge in [-0.15, -0.1) is 11.6 Å². The van der Waals surface area contributed by atoms with Crippen molar-refractivity contribution in [3.63, 3.8) is 0 Å². The lowest BCUT2D eigenvalue weighted by Crippen LogP contribution is -2.42. The summed E-state index contributed by atoms with van der Waals surface area (Å²) >= 11 is 5.76. The molecule has 0 fully saturated rings. The number of alkyl halides is 1. The summed E-state index contributed by atoms with van der Waals surface area (Å²) in [6, 6.07) is 7.27. The summed E-state index contributed by atoms with van der Waals surface area (Å²) in [7, 11) is 0. The normalized spacial score (nSPS) is 11.4. The predicted molar refractivity (Wildman–Crippen MR) is 73.9 cm³/mol. The van der Waals surface area contributed by atoms with E-state index < -0.39 is 5.60 Å². The number of carbonyl (C=O) groups is 1. The molecular weight excluding hydrogens is 250 g/mol. The molecule has 1 aromatic rings. The summed E-state index contributed by atoms with van der Waals surface area (Å²) in [5, 5.41) is 9.80. The molecule has 0 unspecified atom stereocenters. The van der Waals surface area contributed by atoms with Crippen LogP contribution in [0.5, 0.6) is 0 Å². The van der Waals surface area contributed by atoms with E-state index in [2.05, 4.69) is 0 Å². The Labute approximate surface area is 113 Å². The molecular formula is C14H20ClNO2. The largest absolute Gasteiger partial charge is 0.389 e. The molecule has 0 radical (unpaired) electrons. The van der Waals surface area contributed by atoms with Gasteiger partial charge in [0, 0.05) is 24.5 Å². The van der Waals surface area contributed by atoms with Crippen LogP contribution in [0.1, 0.15) is 36.7 Å². The van der Waals surface area contributed by atoms with E-state index in [-0.39, 0.29) is 5.91 Å². The smallest absolute Gasteiger partial charge is 0.253 e. The fourth-order valence-electron chi connectivity index (χ4n) is 1.76. The number of aliphatic hydroxyl groups is 1. The molecule has 0 aliphatic carbocycles. The number of likely N-dealkylation sites (N-methyl/N-ethyl adjacent to an activating group) is 1. The number of nitrogens with zero attached hydrogens (tertiary/aromatic N) is 1. The van der Waals surface area contributed by atoms with Gasteiger partial charge in [0.25, 0.3) is 5.91 Å². The van der Waals surface area contributed by atoms with Crippen LogP contribution in [0.3, 0.4) is 0 Å².